The molecular weight excluding hydrogens is 559 g/mol. The first kappa shape index (κ1) is 29.2. The van der Waals surface area contributed by atoms with Gasteiger partial charge in [-0.25, -0.2) is 0 Å². The average molecular weight is 580 g/mol. The minimum Gasteiger partial charge on any atom is -0.454 e. The molecule has 1 aliphatic heterocycles. The highest BCUT2D eigenvalue weighted by molar-refractivity contribution is 5.56. The second-order valence-corrected chi connectivity index (χ2v) is 8.81. The van der Waals surface area contributed by atoms with Crippen LogP contribution in [0.3, 0.4) is 0 Å². The van der Waals surface area contributed by atoms with Crippen molar-refractivity contribution in [1.82, 2.24) is 19.9 Å². The van der Waals surface area contributed by atoms with Gasteiger partial charge in [0.1, 0.15) is 0 Å². The number of hydrogen-bond donors (Lipinski definition) is 1. The van der Waals surface area contributed by atoms with Crippen LogP contribution in [0.25, 0.3) is 0 Å². The summed E-state index contributed by atoms with van der Waals surface area (Å²) in [4.78, 5) is 15.3. The van der Waals surface area contributed by atoms with Crippen molar-refractivity contribution < 1.29 is 44.3 Å². The second kappa shape index (κ2) is 11.3. The van der Waals surface area contributed by atoms with Gasteiger partial charge in [-0.2, -0.15) is 54.5 Å². The van der Waals surface area contributed by atoms with E-state index in [0.29, 0.717) is 18.7 Å². The maximum absolute atomic E-state index is 13.1. The van der Waals surface area contributed by atoms with Crippen LogP contribution in [-0.4, -0.2) is 58.8 Å². The lowest BCUT2D eigenvalue weighted by Gasteiger charge is -2.34. The number of nitrogens with zero attached hydrogens (tertiary/aromatic N) is 5. The van der Waals surface area contributed by atoms with Crippen molar-refractivity contribution in [2.45, 2.75) is 25.1 Å². The number of aromatic nitrogens is 3. The molecule has 2 heterocycles. The Labute approximate surface area is 221 Å². The van der Waals surface area contributed by atoms with Crippen LogP contribution in [-0.2, 0) is 18.9 Å². The van der Waals surface area contributed by atoms with Gasteiger partial charge in [0, 0.05) is 38.4 Å². The molecule has 0 saturated carbocycles. The fourth-order valence-electron chi connectivity index (χ4n) is 3.87. The summed E-state index contributed by atoms with van der Waals surface area (Å²) in [6, 6.07) is 8.31. The number of rotatable bonds is 7. The van der Waals surface area contributed by atoms with Gasteiger partial charge in [0.05, 0.1) is 11.1 Å². The Morgan fingerprint density at radius 2 is 1.38 bits per heavy atom. The van der Waals surface area contributed by atoms with E-state index in [-0.39, 0.29) is 37.2 Å². The van der Waals surface area contributed by atoms with E-state index >= 15 is 0 Å². The first-order valence-corrected chi connectivity index (χ1v) is 11.7. The molecular formula is C24H21F9N6O. The van der Waals surface area contributed by atoms with E-state index in [1.54, 1.807) is 11.0 Å². The molecule has 0 atom stereocenters. The van der Waals surface area contributed by atoms with E-state index in [9.17, 15) is 39.5 Å². The summed E-state index contributed by atoms with van der Waals surface area (Å²) in [6.45, 7) is -0.245. The van der Waals surface area contributed by atoms with Gasteiger partial charge in [0.25, 0.3) is 0 Å². The van der Waals surface area contributed by atoms with Gasteiger partial charge >= 0.3 is 24.5 Å². The molecule has 0 spiro atoms. The Hall–Kier alpha value is -3.82. The van der Waals surface area contributed by atoms with Crippen LogP contribution >= 0.6 is 0 Å². The normalized spacial score (nSPS) is 15.3. The number of anilines is 3. The number of hydrogen-bond acceptors (Lipinski definition) is 7. The van der Waals surface area contributed by atoms with E-state index in [0.717, 1.165) is 30.3 Å². The highest BCUT2D eigenvalue weighted by Crippen LogP contribution is 2.32. The summed E-state index contributed by atoms with van der Waals surface area (Å²) in [5.74, 6) is -0.423. The van der Waals surface area contributed by atoms with Crippen molar-refractivity contribution in [3.05, 3.63) is 65.2 Å². The first-order valence-electron chi connectivity index (χ1n) is 11.7. The van der Waals surface area contributed by atoms with Crippen LogP contribution < -0.4 is 15.0 Å². The minimum absolute atomic E-state index is 0.0698. The summed E-state index contributed by atoms with van der Waals surface area (Å²) >= 11 is 0. The topological polar surface area (TPSA) is 66.4 Å². The summed E-state index contributed by atoms with van der Waals surface area (Å²) in [5, 5.41) is 2.54. The Kier molecular flexibility index (Phi) is 8.28. The van der Waals surface area contributed by atoms with Gasteiger partial charge < -0.3 is 15.0 Å². The summed E-state index contributed by atoms with van der Waals surface area (Å²) in [7, 11) is 0. The van der Waals surface area contributed by atoms with Crippen LogP contribution in [0.4, 0.5) is 57.1 Å². The minimum atomic E-state index is -4.70. The molecule has 1 N–H and O–H groups in total. The SMILES string of the molecule is FC(F)(F)COc1nc(Nc2cccc(C(F)(F)F)c2)nc(N2CCN(Cc3cccc(C(F)(F)F)c3)CC2)n1. The van der Waals surface area contributed by atoms with Gasteiger partial charge in [-0.3, -0.25) is 4.90 Å². The predicted molar refractivity (Wildman–Crippen MR) is 125 cm³/mol. The van der Waals surface area contributed by atoms with Crippen LogP contribution in [0.2, 0.25) is 0 Å². The van der Waals surface area contributed by atoms with Gasteiger partial charge in [0.15, 0.2) is 6.61 Å². The standard InChI is InChI=1S/C24H21F9N6O/c25-22(26,27)14-40-21-36-19(34-18-6-2-5-17(12-18)24(31,32)33)35-20(37-21)39-9-7-38(8-10-39)13-15-3-1-4-16(11-15)23(28,29)30/h1-6,11-12H,7-10,13-14H2,(H,34,35,36,37). The van der Waals surface area contributed by atoms with E-state index in [1.807, 2.05) is 4.90 Å². The lowest BCUT2D eigenvalue weighted by atomic mass is 10.1. The quantitative estimate of drug-likeness (QED) is 0.349. The van der Waals surface area contributed by atoms with Crippen LogP contribution in [0.1, 0.15) is 16.7 Å². The molecule has 40 heavy (non-hydrogen) atoms. The van der Waals surface area contributed by atoms with Crippen molar-refractivity contribution in [3.63, 3.8) is 0 Å². The number of alkyl halides is 9. The maximum Gasteiger partial charge on any atom is 0.422 e. The molecule has 4 rings (SSSR count). The zero-order chi connectivity index (χ0) is 29.1. The largest absolute Gasteiger partial charge is 0.454 e. The van der Waals surface area contributed by atoms with E-state index in [1.165, 1.54) is 12.1 Å². The number of benzene rings is 2. The van der Waals surface area contributed by atoms with Crippen molar-refractivity contribution in [1.29, 1.82) is 0 Å². The van der Waals surface area contributed by atoms with E-state index < -0.39 is 42.3 Å². The first-order chi connectivity index (χ1) is 18.7. The second-order valence-electron chi connectivity index (χ2n) is 8.81. The van der Waals surface area contributed by atoms with Crippen molar-refractivity contribution in [3.8, 4) is 6.01 Å². The van der Waals surface area contributed by atoms with Gasteiger partial charge in [-0.15, -0.1) is 0 Å². The third-order valence-corrected chi connectivity index (χ3v) is 5.73. The van der Waals surface area contributed by atoms with E-state index in [4.69, 9.17) is 0 Å². The number of halogens is 9. The summed E-state index contributed by atoms with van der Waals surface area (Å²) in [5.41, 5.74) is -1.34. The molecule has 7 nitrogen and oxygen atoms in total. The summed E-state index contributed by atoms with van der Waals surface area (Å²) < 4.78 is 121. The number of nitrogens with one attached hydrogen (secondary N) is 1. The summed E-state index contributed by atoms with van der Waals surface area (Å²) in [6.07, 6.45) is -13.8. The van der Waals surface area contributed by atoms with Crippen molar-refractivity contribution >= 4 is 17.6 Å². The maximum atomic E-state index is 13.1. The van der Waals surface area contributed by atoms with Crippen molar-refractivity contribution in [2.24, 2.45) is 0 Å². The molecule has 1 saturated heterocycles. The Morgan fingerprint density at radius 3 is 2.00 bits per heavy atom. The van der Waals surface area contributed by atoms with Crippen LogP contribution in [0, 0.1) is 0 Å². The molecule has 216 valence electrons. The van der Waals surface area contributed by atoms with E-state index in [2.05, 4.69) is 25.0 Å². The zero-order valence-corrected chi connectivity index (χ0v) is 20.4. The van der Waals surface area contributed by atoms with Gasteiger partial charge in [-0.05, 0) is 29.8 Å². The Morgan fingerprint density at radius 1 is 0.750 bits per heavy atom. The fraction of sp³-hybridized carbons (Fsp3) is 0.375. The Balaban J connectivity index is 1.49. The van der Waals surface area contributed by atoms with Gasteiger partial charge in [-0.1, -0.05) is 24.3 Å². The molecule has 16 heteroatoms. The molecule has 0 amide bonds. The Bertz CT molecular complexity index is 1300. The molecule has 1 aliphatic rings. The molecule has 1 fully saturated rings. The van der Waals surface area contributed by atoms with Crippen molar-refractivity contribution in [2.75, 3.05) is 43.0 Å². The molecule has 3 aromatic rings. The fourth-order valence-corrected chi connectivity index (χ4v) is 3.87. The lowest BCUT2D eigenvalue weighted by molar-refractivity contribution is -0.154. The molecule has 0 aliphatic carbocycles. The monoisotopic (exact) mass is 580 g/mol. The zero-order valence-electron chi connectivity index (χ0n) is 20.4. The third kappa shape index (κ3) is 8.09. The molecule has 1 aromatic heterocycles. The lowest BCUT2D eigenvalue weighted by Crippen LogP contribution is -2.46. The molecule has 0 unspecified atom stereocenters. The highest BCUT2D eigenvalue weighted by Gasteiger charge is 2.32. The molecule has 0 bridgehead atoms. The molecule has 0 radical (unpaired) electrons. The molecule has 2 aromatic carbocycles. The average Bonchev–Trinajstić information content (AvgIpc) is 2.87. The third-order valence-electron chi connectivity index (χ3n) is 5.73. The predicted octanol–water partition coefficient (Wildman–Crippen LogP) is 5.92. The number of piperazine rings is 1. The van der Waals surface area contributed by atoms with Crippen LogP contribution in [0.5, 0.6) is 6.01 Å². The van der Waals surface area contributed by atoms with Crippen LogP contribution in [0.15, 0.2) is 48.5 Å². The van der Waals surface area contributed by atoms with Gasteiger partial charge in [0.2, 0.25) is 11.9 Å². The highest BCUT2D eigenvalue weighted by atomic mass is 19.4. The smallest absolute Gasteiger partial charge is 0.422 e. The number of ether oxygens (including phenoxy) is 1.